The maximum atomic E-state index is 12.9. The van der Waals surface area contributed by atoms with E-state index in [9.17, 15) is 9.59 Å². The van der Waals surface area contributed by atoms with E-state index in [4.69, 9.17) is 21.1 Å². The van der Waals surface area contributed by atoms with Gasteiger partial charge in [0.25, 0.3) is 11.8 Å². The molecule has 7 heteroatoms. The van der Waals surface area contributed by atoms with E-state index in [1.54, 1.807) is 12.1 Å². The molecule has 3 aliphatic rings. The highest BCUT2D eigenvalue weighted by atomic mass is 35.5. The molecular weight excluding hydrogens is 428 g/mol. The number of hydrogen-bond donors (Lipinski definition) is 0. The molecule has 2 fully saturated rings. The summed E-state index contributed by atoms with van der Waals surface area (Å²) in [6, 6.07) is 11.4. The van der Waals surface area contributed by atoms with Crippen LogP contribution in [0, 0.1) is 30.6 Å². The Bertz CT molecular complexity index is 1110. The van der Waals surface area contributed by atoms with Crippen LogP contribution >= 0.6 is 11.6 Å². The zero-order chi connectivity index (χ0) is 22.4. The van der Waals surface area contributed by atoms with Crippen LogP contribution in [0.15, 0.2) is 53.7 Å². The molecule has 1 saturated carbocycles. The third-order valence-electron chi connectivity index (χ3n) is 6.53. The summed E-state index contributed by atoms with van der Waals surface area (Å²) in [5, 5.41) is 5.71. The lowest BCUT2D eigenvalue weighted by molar-refractivity contribution is -0.140. The van der Waals surface area contributed by atoms with Gasteiger partial charge in [0.05, 0.1) is 25.2 Å². The highest BCUT2D eigenvalue weighted by Crippen LogP contribution is 2.52. The van der Waals surface area contributed by atoms with Crippen molar-refractivity contribution in [2.24, 2.45) is 28.8 Å². The Morgan fingerprint density at radius 2 is 1.75 bits per heavy atom. The molecule has 6 nitrogen and oxygen atoms in total. The number of hydrogen-bond acceptors (Lipinski definition) is 5. The normalized spacial score (nSPS) is 25.8. The predicted molar refractivity (Wildman–Crippen MR) is 121 cm³/mol. The van der Waals surface area contributed by atoms with E-state index in [1.807, 2.05) is 31.2 Å². The SMILES string of the molecule is COc1cc(Cl)cc(C=NN2C(=O)C3C4C=CC(C4)C3C2=O)c1OCc1ccc(C)cc1. The topological polar surface area (TPSA) is 68.2 Å². The Balaban J connectivity index is 1.41. The summed E-state index contributed by atoms with van der Waals surface area (Å²) in [5.74, 6) is 0.129. The molecule has 2 aliphatic carbocycles. The molecule has 1 saturated heterocycles. The van der Waals surface area contributed by atoms with Crippen molar-refractivity contribution >= 4 is 29.6 Å². The monoisotopic (exact) mass is 450 g/mol. The predicted octanol–water partition coefficient (Wildman–Crippen LogP) is 4.38. The van der Waals surface area contributed by atoms with Crippen molar-refractivity contribution in [2.45, 2.75) is 20.0 Å². The van der Waals surface area contributed by atoms with E-state index >= 15 is 0 Å². The number of hydrazone groups is 1. The van der Waals surface area contributed by atoms with Gasteiger partial charge in [0.15, 0.2) is 11.5 Å². The Labute approximate surface area is 191 Å². The van der Waals surface area contributed by atoms with E-state index in [2.05, 4.69) is 17.3 Å². The Morgan fingerprint density at radius 1 is 1.09 bits per heavy atom. The number of nitrogens with zero attached hydrogens (tertiary/aromatic N) is 2. The number of aryl methyl sites for hydroxylation is 1. The van der Waals surface area contributed by atoms with Crippen molar-refractivity contribution in [3.63, 3.8) is 0 Å². The molecule has 2 aromatic rings. The van der Waals surface area contributed by atoms with Crippen LogP contribution in [-0.4, -0.2) is 30.1 Å². The standard InChI is InChI=1S/C25H23ClN2O4/c1-14-3-5-15(6-4-14)13-32-23-18(10-19(26)11-20(23)31-2)12-27-28-24(29)21-16-7-8-17(9-16)22(21)25(28)30/h3-8,10-12,16-17,21-22H,9,13H2,1-2H3. The fraction of sp³-hybridized carbons (Fsp3) is 0.320. The van der Waals surface area contributed by atoms with Crippen LogP contribution in [0.1, 0.15) is 23.1 Å². The van der Waals surface area contributed by atoms with Crippen molar-refractivity contribution in [1.82, 2.24) is 5.01 Å². The Morgan fingerprint density at radius 3 is 2.38 bits per heavy atom. The summed E-state index contributed by atoms with van der Waals surface area (Å²) in [5.41, 5.74) is 2.69. The van der Waals surface area contributed by atoms with E-state index < -0.39 is 0 Å². The first-order valence-electron chi connectivity index (χ1n) is 10.6. The van der Waals surface area contributed by atoms with Crippen LogP contribution in [0.4, 0.5) is 0 Å². The van der Waals surface area contributed by atoms with Gasteiger partial charge in [-0.3, -0.25) is 9.59 Å². The van der Waals surface area contributed by atoms with Gasteiger partial charge in [-0.15, -0.1) is 0 Å². The molecule has 0 spiro atoms. The minimum atomic E-state index is -0.291. The molecular formula is C25H23ClN2O4. The number of rotatable bonds is 6. The fourth-order valence-electron chi connectivity index (χ4n) is 4.95. The third-order valence-corrected chi connectivity index (χ3v) is 6.75. The highest BCUT2D eigenvalue weighted by Gasteiger charge is 2.59. The summed E-state index contributed by atoms with van der Waals surface area (Å²) in [7, 11) is 1.53. The van der Waals surface area contributed by atoms with Crippen molar-refractivity contribution in [3.05, 3.63) is 70.3 Å². The van der Waals surface area contributed by atoms with Crippen LogP contribution < -0.4 is 9.47 Å². The minimum absolute atomic E-state index is 0.140. The van der Waals surface area contributed by atoms with Crippen LogP contribution in [0.3, 0.4) is 0 Å². The lowest BCUT2D eigenvalue weighted by Gasteiger charge is -2.15. The van der Waals surface area contributed by atoms with Crippen molar-refractivity contribution in [2.75, 3.05) is 7.11 Å². The molecule has 0 aromatic heterocycles. The summed E-state index contributed by atoms with van der Waals surface area (Å²) in [6.45, 7) is 2.35. The number of carbonyl (C=O) groups excluding carboxylic acids is 2. The number of amides is 2. The maximum absolute atomic E-state index is 12.9. The summed E-state index contributed by atoms with van der Waals surface area (Å²) in [6.07, 6.45) is 6.45. The highest BCUT2D eigenvalue weighted by molar-refractivity contribution is 6.31. The molecule has 4 unspecified atom stereocenters. The summed E-state index contributed by atoms with van der Waals surface area (Å²) >= 11 is 6.26. The minimum Gasteiger partial charge on any atom is -0.493 e. The largest absolute Gasteiger partial charge is 0.493 e. The molecule has 5 rings (SSSR count). The van der Waals surface area contributed by atoms with Crippen LogP contribution in [-0.2, 0) is 16.2 Å². The van der Waals surface area contributed by atoms with Gasteiger partial charge in [-0.05, 0) is 36.8 Å². The van der Waals surface area contributed by atoms with E-state index in [0.717, 1.165) is 17.0 Å². The first-order chi connectivity index (χ1) is 15.5. The fourth-order valence-corrected chi connectivity index (χ4v) is 5.17. The number of fused-ring (bicyclic) bond motifs is 5. The van der Waals surface area contributed by atoms with Gasteiger partial charge < -0.3 is 9.47 Å². The van der Waals surface area contributed by atoms with Gasteiger partial charge in [0, 0.05) is 16.7 Å². The molecule has 2 amide bonds. The second kappa shape index (κ2) is 8.10. The number of ether oxygens (including phenoxy) is 2. The molecule has 1 aliphatic heterocycles. The molecule has 0 radical (unpaired) electrons. The first-order valence-corrected chi connectivity index (χ1v) is 11.0. The number of carbonyl (C=O) groups is 2. The van der Waals surface area contributed by atoms with Gasteiger partial charge in [0.2, 0.25) is 0 Å². The lowest BCUT2D eigenvalue weighted by atomic mass is 9.85. The van der Waals surface area contributed by atoms with Crippen molar-refractivity contribution in [3.8, 4) is 11.5 Å². The van der Waals surface area contributed by atoms with Gasteiger partial charge in [-0.25, -0.2) is 0 Å². The quantitative estimate of drug-likeness (QED) is 0.372. The molecule has 4 atom stereocenters. The zero-order valence-electron chi connectivity index (χ0n) is 17.8. The van der Waals surface area contributed by atoms with E-state index in [-0.39, 0.29) is 35.5 Å². The molecule has 164 valence electrons. The second-order valence-corrected chi connectivity index (χ2v) is 8.97. The molecule has 1 heterocycles. The van der Waals surface area contributed by atoms with E-state index in [1.165, 1.54) is 18.9 Å². The summed E-state index contributed by atoms with van der Waals surface area (Å²) < 4.78 is 11.5. The summed E-state index contributed by atoms with van der Waals surface area (Å²) in [4.78, 5) is 25.8. The average Bonchev–Trinajstić information content (AvgIpc) is 3.46. The first kappa shape index (κ1) is 20.8. The number of imide groups is 1. The number of halogens is 1. The zero-order valence-corrected chi connectivity index (χ0v) is 18.6. The smallest absolute Gasteiger partial charge is 0.254 e. The third kappa shape index (κ3) is 3.48. The van der Waals surface area contributed by atoms with Gasteiger partial charge in [-0.2, -0.15) is 10.1 Å². The Kier molecular flexibility index (Phi) is 5.25. The van der Waals surface area contributed by atoms with Crippen LogP contribution in [0.2, 0.25) is 5.02 Å². The molecule has 2 aromatic carbocycles. The van der Waals surface area contributed by atoms with Gasteiger partial charge in [-0.1, -0.05) is 53.6 Å². The maximum Gasteiger partial charge on any atom is 0.254 e. The molecule has 0 N–H and O–H groups in total. The second-order valence-electron chi connectivity index (χ2n) is 8.53. The van der Waals surface area contributed by atoms with Crippen LogP contribution in [0.25, 0.3) is 0 Å². The van der Waals surface area contributed by atoms with Gasteiger partial charge >= 0.3 is 0 Å². The van der Waals surface area contributed by atoms with Crippen LogP contribution in [0.5, 0.6) is 11.5 Å². The number of benzene rings is 2. The lowest BCUT2D eigenvalue weighted by Crippen LogP contribution is -2.28. The van der Waals surface area contributed by atoms with Crippen molar-refractivity contribution < 1.29 is 19.1 Å². The van der Waals surface area contributed by atoms with E-state index in [0.29, 0.717) is 28.7 Å². The molecule has 32 heavy (non-hydrogen) atoms. The van der Waals surface area contributed by atoms with Crippen molar-refractivity contribution in [1.29, 1.82) is 0 Å². The molecule has 2 bridgehead atoms. The number of allylic oxidation sites excluding steroid dienone is 2. The Hall–Kier alpha value is -3.12. The number of methoxy groups -OCH3 is 1. The van der Waals surface area contributed by atoms with Gasteiger partial charge in [0.1, 0.15) is 6.61 Å². The average molecular weight is 451 g/mol.